The molecule has 6 rings (SSSR count). The van der Waals surface area contributed by atoms with Crippen LogP contribution in [0.25, 0.3) is 11.1 Å². The van der Waals surface area contributed by atoms with Crippen LogP contribution in [0, 0.1) is 6.92 Å². The fourth-order valence-corrected chi connectivity index (χ4v) is 6.77. The van der Waals surface area contributed by atoms with E-state index in [-0.39, 0.29) is 18.4 Å². The van der Waals surface area contributed by atoms with Crippen LogP contribution in [-0.4, -0.2) is 54.8 Å². The Morgan fingerprint density at radius 1 is 1.11 bits per heavy atom. The summed E-state index contributed by atoms with van der Waals surface area (Å²) in [6.45, 7) is 7.33. The van der Waals surface area contributed by atoms with Gasteiger partial charge in [0, 0.05) is 24.2 Å². The van der Waals surface area contributed by atoms with E-state index in [1.54, 1.807) is 33.9 Å². The second-order valence-electron chi connectivity index (χ2n) is 12.3. The maximum Gasteiger partial charge on any atom is 0.416 e. The third-order valence-electron chi connectivity index (χ3n) is 9.28. The molecule has 2 aromatic carbocycles. The summed E-state index contributed by atoms with van der Waals surface area (Å²) >= 11 is 0. The van der Waals surface area contributed by atoms with E-state index in [0.29, 0.717) is 35.6 Å². The summed E-state index contributed by atoms with van der Waals surface area (Å²) in [4.78, 5) is 34.4. The number of nitrogens with zero attached hydrogens (tertiary/aromatic N) is 3. The standard InChI is InChI=1S/C35H38F3N3O5/c1-5-45-32(42)17-23-8-7-22-16-30(44-4)28(18-27(22)23)26-9-10-31(40-11-6-12-40)39-29(26)19-41-21(3)33(46-34(41)43)24-13-20(2)14-25(15-24)35(36,37)38/h9-10,13-16,18,21,23,33H,5-8,11-12,17,19H2,1-4H3. The van der Waals surface area contributed by atoms with Crippen LogP contribution in [0.3, 0.4) is 0 Å². The Morgan fingerprint density at radius 2 is 1.89 bits per heavy atom. The summed E-state index contributed by atoms with van der Waals surface area (Å²) in [5.74, 6) is 1.23. The number of carbonyl (C=O) groups excluding carboxylic acids is 2. The van der Waals surface area contributed by atoms with E-state index in [2.05, 4.69) is 11.0 Å². The molecule has 1 amide bonds. The van der Waals surface area contributed by atoms with Crippen LogP contribution < -0.4 is 9.64 Å². The Kier molecular flexibility index (Phi) is 8.60. The molecule has 3 heterocycles. The molecule has 8 nitrogen and oxygen atoms in total. The second kappa shape index (κ2) is 12.5. The lowest BCUT2D eigenvalue weighted by molar-refractivity contribution is -0.143. The van der Waals surface area contributed by atoms with Gasteiger partial charge < -0.3 is 19.1 Å². The van der Waals surface area contributed by atoms with E-state index in [0.717, 1.165) is 72.6 Å². The zero-order valence-electron chi connectivity index (χ0n) is 26.4. The number of halogens is 3. The van der Waals surface area contributed by atoms with Crippen molar-refractivity contribution < 1.29 is 37.0 Å². The number of hydrogen-bond acceptors (Lipinski definition) is 7. The van der Waals surface area contributed by atoms with Gasteiger partial charge in [0.15, 0.2) is 0 Å². The molecular weight excluding hydrogens is 599 g/mol. The minimum absolute atomic E-state index is 0.0146. The monoisotopic (exact) mass is 637 g/mol. The van der Waals surface area contributed by atoms with Crippen molar-refractivity contribution >= 4 is 17.9 Å². The Hall–Kier alpha value is -4.28. The number of cyclic esters (lactones) is 1. The number of methoxy groups -OCH3 is 1. The molecule has 3 atom stereocenters. The van der Waals surface area contributed by atoms with Gasteiger partial charge in [0.1, 0.15) is 17.7 Å². The number of aryl methyl sites for hydroxylation is 2. The average Bonchev–Trinajstić information content (AvgIpc) is 3.50. The minimum atomic E-state index is -4.52. The number of anilines is 1. The lowest BCUT2D eigenvalue weighted by atomic mass is 9.92. The van der Waals surface area contributed by atoms with Gasteiger partial charge >= 0.3 is 18.2 Å². The summed E-state index contributed by atoms with van der Waals surface area (Å²) in [5.41, 5.74) is 4.32. The summed E-state index contributed by atoms with van der Waals surface area (Å²) in [7, 11) is 1.61. The molecule has 3 aliphatic rings. The van der Waals surface area contributed by atoms with Crippen LogP contribution in [0.1, 0.15) is 78.6 Å². The van der Waals surface area contributed by atoms with Gasteiger partial charge in [-0.3, -0.25) is 9.69 Å². The summed E-state index contributed by atoms with van der Waals surface area (Å²) in [5, 5.41) is 0. The largest absolute Gasteiger partial charge is 0.496 e. The minimum Gasteiger partial charge on any atom is -0.496 e. The summed E-state index contributed by atoms with van der Waals surface area (Å²) < 4.78 is 57.7. The van der Waals surface area contributed by atoms with Gasteiger partial charge in [0.2, 0.25) is 0 Å². The number of hydrogen-bond donors (Lipinski definition) is 0. The first-order chi connectivity index (χ1) is 22.0. The van der Waals surface area contributed by atoms with Crippen LogP contribution >= 0.6 is 0 Å². The molecule has 0 bridgehead atoms. The lowest BCUT2D eigenvalue weighted by Gasteiger charge is -2.33. The number of alkyl halides is 3. The third kappa shape index (κ3) is 6.11. The first kappa shape index (κ1) is 31.7. The fraction of sp³-hybridized carbons (Fsp3) is 0.457. The number of amides is 1. The quantitative estimate of drug-likeness (QED) is 0.227. The average molecular weight is 638 g/mol. The lowest BCUT2D eigenvalue weighted by Crippen LogP contribution is -2.38. The number of aromatic nitrogens is 1. The molecule has 2 aliphatic heterocycles. The number of carbonyl (C=O) groups is 2. The van der Waals surface area contributed by atoms with Crippen molar-refractivity contribution in [2.75, 3.05) is 31.7 Å². The molecule has 46 heavy (non-hydrogen) atoms. The number of rotatable bonds is 9. The number of ether oxygens (including phenoxy) is 3. The van der Waals surface area contributed by atoms with Crippen molar-refractivity contribution in [1.82, 2.24) is 9.88 Å². The van der Waals surface area contributed by atoms with Crippen LogP contribution in [-0.2, 0) is 33.4 Å². The van der Waals surface area contributed by atoms with Crippen molar-refractivity contribution in [2.45, 2.75) is 77.2 Å². The van der Waals surface area contributed by atoms with Gasteiger partial charge in [-0.15, -0.1) is 0 Å². The van der Waals surface area contributed by atoms with E-state index in [9.17, 15) is 22.8 Å². The topological polar surface area (TPSA) is 81.2 Å². The Labute approximate surface area is 266 Å². The van der Waals surface area contributed by atoms with Crippen molar-refractivity contribution in [3.8, 4) is 16.9 Å². The van der Waals surface area contributed by atoms with Gasteiger partial charge in [-0.05, 0) is 99.0 Å². The van der Waals surface area contributed by atoms with Gasteiger partial charge in [-0.2, -0.15) is 13.2 Å². The molecule has 1 aromatic heterocycles. The number of benzene rings is 2. The normalized spacial score (nSPS) is 20.8. The van der Waals surface area contributed by atoms with Crippen molar-refractivity contribution in [3.63, 3.8) is 0 Å². The van der Waals surface area contributed by atoms with Crippen molar-refractivity contribution in [1.29, 1.82) is 0 Å². The zero-order valence-corrected chi connectivity index (χ0v) is 26.4. The van der Waals surface area contributed by atoms with Crippen molar-refractivity contribution in [2.24, 2.45) is 0 Å². The molecule has 2 fully saturated rings. The first-order valence-corrected chi connectivity index (χ1v) is 15.7. The molecule has 3 aromatic rings. The molecule has 2 saturated heterocycles. The second-order valence-corrected chi connectivity index (χ2v) is 12.3. The molecular formula is C35H38F3N3O5. The van der Waals surface area contributed by atoms with Gasteiger partial charge in [-0.25, -0.2) is 9.78 Å². The van der Waals surface area contributed by atoms with Gasteiger partial charge in [0.25, 0.3) is 0 Å². The maximum atomic E-state index is 13.6. The van der Waals surface area contributed by atoms with E-state index < -0.39 is 30.0 Å². The van der Waals surface area contributed by atoms with Crippen LogP contribution in [0.4, 0.5) is 23.8 Å². The van der Waals surface area contributed by atoms with E-state index in [1.807, 2.05) is 18.2 Å². The van der Waals surface area contributed by atoms with E-state index >= 15 is 0 Å². The number of esters is 1. The molecule has 3 unspecified atom stereocenters. The molecule has 0 spiro atoms. The predicted octanol–water partition coefficient (Wildman–Crippen LogP) is 7.36. The molecule has 244 valence electrons. The van der Waals surface area contributed by atoms with Crippen LogP contribution in [0.5, 0.6) is 5.75 Å². The fourth-order valence-electron chi connectivity index (χ4n) is 6.77. The van der Waals surface area contributed by atoms with E-state index in [4.69, 9.17) is 19.2 Å². The summed E-state index contributed by atoms with van der Waals surface area (Å²) in [6, 6.07) is 11.2. The van der Waals surface area contributed by atoms with Gasteiger partial charge in [-0.1, -0.05) is 11.6 Å². The number of pyridine rings is 1. The Bertz CT molecular complexity index is 1660. The zero-order chi connectivity index (χ0) is 32.7. The number of fused-ring (bicyclic) bond motifs is 1. The molecule has 0 radical (unpaired) electrons. The highest BCUT2D eigenvalue weighted by Gasteiger charge is 2.42. The van der Waals surface area contributed by atoms with Crippen LogP contribution in [0.2, 0.25) is 0 Å². The Morgan fingerprint density at radius 3 is 2.57 bits per heavy atom. The third-order valence-corrected chi connectivity index (χ3v) is 9.28. The predicted molar refractivity (Wildman–Crippen MR) is 166 cm³/mol. The smallest absolute Gasteiger partial charge is 0.416 e. The SMILES string of the molecule is CCOC(=O)CC1CCc2cc(OC)c(-c3ccc(N4CCC4)nc3CN3C(=O)OC(c4cc(C)cc(C(F)(F)F)c4)C3C)cc21. The Balaban J connectivity index is 1.36. The molecule has 0 saturated carbocycles. The molecule has 1 aliphatic carbocycles. The highest BCUT2D eigenvalue weighted by molar-refractivity contribution is 5.78. The highest BCUT2D eigenvalue weighted by atomic mass is 19.4. The maximum absolute atomic E-state index is 13.6. The van der Waals surface area contributed by atoms with Crippen LogP contribution in [0.15, 0.2) is 42.5 Å². The van der Waals surface area contributed by atoms with Gasteiger partial charge in [0.05, 0.1) is 44.0 Å². The molecule has 11 heteroatoms. The van der Waals surface area contributed by atoms with E-state index in [1.165, 1.54) is 4.90 Å². The first-order valence-electron chi connectivity index (χ1n) is 15.7. The molecule has 0 N–H and O–H groups in total. The summed E-state index contributed by atoms with van der Waals surface area (Å²) in [6.07, 6.45) is -3.02. The highest BCUT2D eigenvalue weighted by Crippen LogP contribution is 2.44. The van der Waals surface area contributed by atoms with Crippen molar-refractivity contribution in [3.05, 3.63) is 76.0 Å².